The number of aromatic amines is 1. The van der Waals surface area contributed by atoms with Gasteiger partial charge >= 0.3 is 6.18 Å². The summed E-state index contributed by atoms with van der Waals surface area (Å²) in [6.45, 7) is 3.44. The summed E-state index contributed by atoms with van der Waals surface area (Å²) in [6.07, 6.45) is -4.45. The van der Waals surface area contributed by atoms with Gasteiger partial charge in [0.2, 0.25) is 0 Å². The van der Waals surface area contributed by atoms with Crippen molar-refractivity contribution < 1.29 is 22.7 Å². The number of hydrogen-bond acceptors (Lipinski definition) is 2. The van der Waals surface area contributed by atoms with E-state index in [0.29, 0.717) is 27.4 Å². The zero-order valence-corrected chi connectivity index (χ0v) is 15.3. The average Bonchev–Trinajstić information content (AvgIpc) is 3.01. The van der Waals surface area contributed by atoms with Crippen molar-refractivity contribution >= 4 is 34.1 Å². The van der Waals surface area contributed by atoms with Crippen LogP contribution in [0.15, 0.2) is 36.4 Å². The summed E-state index contributed by atoms with van der Waals surface area (Å²) in [4.78, 5) is 14.4. The molecule has 0 unspecified atom stereocenters. The molecule has 0 bridgehead atoms. The molecule has 142 valence electrons. The summed E-state index contributed by atoms with van der Waals surface area (Å²) in [7, 11) is 0. The number of carbonyl (C=O) groups is 1. The third kappa shape index (κ3) is 4.36. The molecule has 0 fully saturated rings. The first-order chi connectivity index (χ1) is 12.6. The van der Waals surface area contributed by atoms with Crippen molar-refractivity contribution in [1.82, 2.24) is 4.98 Å². The molecule has 8 heteroatoms. The van der Waals surface area contributed by atoms with E-state index in [1.807, 2.05) is 13.8 Å². The van der Waals surface area contributed by atoms with Crippen LogP contribution in [-0.4, -0.2) is 17.5 Å². The summed E-state index contributed by atoms with van der Waals surface area (Å²) in [5.74, 6) is 0.0895. The second-order valence-corrected chi connectivity index (χ2v) is 6.57. The highest BCUT2D eigenvalue weighted by Crippen LogP contribution is 2.32. The number of hydrogen-bond donors (Lipinski definition) is 2. The van der Waals surface area contributed by atoms with Crippen LogP contribution in [0.5, 0.6) is 5.75 Å². The number of anilines is 1. The van der Waals surface area contributed by atoms with Crippen molar-refractivity contribution in [3.8, 4) is 5.75 Å². The number of nitrogens with one attached hydrogen (secondary N) is 2. The summed E-state index contributed by atoms with van der Waals surface area (Å²) in [5, 5.41) is 3.60. The monoisotopic (exact) mass is 396 g/mol. The van der Waals surface area contributed by atoms with E-state index in [1.54, 1.807) is 12.1 Å². The minimum Gasteiger partial charge on any atom is -0.484 e. The molecule has 27 heavy (non-hydrogen) atoms. The van der Waals surface area contributed by atoms with Crippen LogP contribution in [0.3, 0.4) is 0 Å². The highest BCUT2D eigenvalue weighted by atomic mass is 35.5. The van der Waals surface area contributed by atoms with Crippen molar-refractivity contribution in [2.45, 2.75) is 20.0 Å². The fraction of sp³-hybridized carbons (Fsp3) is 0.211. The Labute approximate surface area is 158 Å². The smallest absolute Gasteiger partial charge is 0.431 e. The van der Waals surface area contributed by atoms with Crippen LogP contribution in [0.4, 0.5) is 18.9 Å². The minimum atomic E-state index is -4.45. The number of amides is 1. The van der Waals surface area contributed by atoms with Gasteiger partial charge in [0.15, 0.2) is 6.61 Å². The zero-order chi connectivity index (χ0) is 19.8. The van der Waals surface area contributed by atoms with Gasteiger partial charge in [-0.25, -0.2) is 0 Å². The van der Waals surface area contributed by atoms with Gasteiger partial charge in [-0.05, 0) is 61.4 Å². The number of alkyl halides is 3. The fourth-order valence-electron chi connectivity index (χ4n) is 2.70. The van der Waals surface area contributed by atoms with E-state index in [4.69, 9.17) is 16.3 Å². The number of fused-ring (bicyclic) bond motifs is 1. The first-order valence-electron chi connectivity index (χ1n) is 8.03. The number of halogens is 4. The van der Waals surface area contributed by atoms with Crippen molar-refractivity contribution in [2.75, 3.05) is 11.9 Å². The lowest BCUT2D eigenvalue weighted by Crippen LogP contribution is -2.20. The predicted molar refractivity (Wildman–Crippen MR) is 98.4 cm³/mol. The standard InChI is InChI=1S/C19H16ClF3N2O2/c1-10-5-14(6-11(2)18(10)20)27-9-17(26)24-13-3-4-15-12(7-13)8-16(25-15)19(21,22)23/h3-8,25H,9H2,1-2H3,(H,24,26). The van der Waals surface area contributed by atoms with Crippen molar-refractivity contribution in [3.05, 3.63) is 58.2 Å². The molecule has 0 saturated heterocycles. The van der Waals surface area contributed by atoms with Crippen LogP contribution in [0, 0.1) is 13.8 Å². The van der Waals surface area contributed by atoms with Gasteiger partial charge < -0.3 is 15.0 Å². The molecule has 0 aliphatic rings. The predicted octanol–water partition coefficient (Wildman–Crippen LogP) is 5.47. The largest absolute Gasteiger partial charge is 0.484 e. The maximum Gasteiger partial charge on any atom is 0.431 e. The number of H-pyrrole nitrogens is 1. The Kier molecular flexibility index (Phi) is 5.06. The van der Waals surface area contributed by atoms with Crippen molar-refractivity contribution in [3.63, 3.8) is 0 Å². The van der Waals surface area contributed by atoms with Gasteiger partial charge in [-0.15, -0.1) is 0 Å². The molecule has 0 aliphatic carbocycles. The number of rotatable bonds is 4. The zero-order valence-electron chi connectivity index (χ0n) is 14.5. The van der Waals surface area contributed by atoms with E-state index >= 15 is 0 Å². The molecule has 0 atom stereocenters. The third-order valence-electron chi connectivity index (χ3n) is 3.99. The quantitative estimate of drug-likeness (QED) is 0.614. The molecule has 4 nitrogen and oxygen atoms in total. The number of aryl methyl sites for hydroxylation is 2. The van der Waals surface area contributed by atoms with Gasteiger partial charge in [-0.1, -0.05) is 11.6 Å². The lowest BCUT2D eigenvalue weighted by molar-refractivity contribution is -0.140. The lowest BCUT2D eigenvalue weighted by Gasteiger charge is -2.10. The maximum atomic E-state index is 12.8. The van der Waals surface area contributed by atoms with Gasteiger partial charge in [-0.2, -0.15) is 13.2 Å². The minimum absolute atomic E-state index is 0.237. The van der Waals surface area contributed by atoms with E-state index in [-0.39, 0.29) is 6.61 Å². The highest BCUT2D eigenvalue weighted by molar-refractivity contribution is 6.32. The Morgan fingerprint density at radius 3 is 2.44 bits per heavy atom. The first kappa shape index (κ1) is 19.1. The van der Waals surface area contributed by atoms with Crippen LogP contribution in [0.2, 0.25) is 5.02 Å². The maximum absolute atomic E-state index is 12.8. The molecule has 1 aromatic heterocycles. The first-order valence-corrected chi connectivity index (χ1v) is 8.40. The number of aromatic nitrogens is 1. The molecule has 0 aliphatic heterocycles. The van der Waals surface area contributed by atoms with Gasteiger partial charge in [0.25, 0.3) is 5.91 Å². The molecular weight excluding hydrogens is 381 g/mol. The third-order valence-corrected chi connectivity index (χ3v) is 4.59. The van der Waals surface area contributed by atoms with Crippen molar-refractivity contribution in [2.24, 2.45) is 0 Å². The second kappa shape index (κ2) is 7.15. The Morgan fingerprint density at radius 2 is 1.81 bits per heavy atom. The number of carbonyl (C=O) groups excluding carboxylic acids is 1. The topological polar surface area (TPSA) is 54.1 Å². The van der Waals surface area contributed by atoms with E-state index in [2.05, 4.69) is 10.3 Å². The lowest BCUT2D eigenvalue weighted by atomic mass is 10.1. The van der Waals surface area contributed by atoms with E-state index in [1.165, 1.54) is 18.2 Å². The number of ether oxygens (including phenoxy) is 1. The fourth-order valence-corrected chi connectivity index (χ4v) is 2.81. The van der Waals surface area contributed by atoms with Crippen LogP contribution in [-0.2, 0) is 11.0 Å². The van der Waals surface area contributed by atoms with Gasteiger partial charge in [0.1, 0.15) is 11.4 Å². The summed E-state index contributed by atoms with van der Waals surface area (Å²) in [5.41, 5.74) is 1.56. The molecule has 0 saturated carbocycles. The Hall–Kier alpha value is -2.67. The van der Waals surface area contributed by atoms with E-state index < -0.39 is 17.8 Å². The Morgan fingerprint density at radius 1 is 1.15 bits per heavy atom. The van der Waals surface area contributed by atoms with Crippen LogP contribution in [0.1, 0.15) is 16.8 Å². The Bertz CT molecular complexity index is 989. The summed E-state index contributed by atoms with van der Waals surface area (Å²) in [6, 6.07) is 8.93. The second-order valence-electron chi connectivity index (χ2n) is 6.19. The van der Waals surface area contributed by atoms with Crippen molar-refractivity contribution in [1.29, 1.82) is 0 Å². The summed E-state index contributed by atoms with van der Waals surface area (Å²) >= 11 is 6.09. The molecule has 1 heterocycles. The van der Waals surface area contributed by atoms with Gasteiger partial charge in [-0.3, -0.25) is 4.79 Å². The highest BCUT2D eigenvalue weighted by Gasteiger charge is 2.32. The average molecular weight is 397 g/mol. The molecule has 0 radical (unpaired) electrons. The normalized spacial score (nSPS) is 11.6. The molecule has 2 aromatic carbocycles. The molecule has 0 spiro atoms. The SMILES string of the molecule is Cc1cc(OCC(=O)Nc2ccc3[nH]c(C(F)(F)F)cc3c2)cc(C)c1Cl. The van der Waals surface area contributed by atoms with Crippen LogP contribution < -0.4 is 10.1 Å². The van der Waals surface area contributed by atoms with Gasteiger partial charge in [0.05, 0.1) is 0 Å². The van der Waals surface area contributed by atoms with Crippen LogP contribution >= 0.6 is 11.6 Å². The molecule has 1 amide bonds. The van der Waals surface area contributed by atoms with E-state index in [9.17, 15) is 18.0 Å². The molecular formula is C19H16ClF3N2O2. The molecule has 3 rings (SSSR count). The Balaban J connectivity index is 1.67. The summed E-state index contributed by atoms with van der Waals surface area (Å²) < 4.78 is 43.7. The number of benzene rings is 2. The van der Waals surface area contributed by atoms with Gasteiger partial charge in [0, 0.05) is 21.6 Å². The molecule has 2 N–H and O–H groups in total. The molecule has 3 aromatic rings. The van der Waals surface area contributed by atoms with E-state index in [0.717, 1.165) is 17.2 Å². The van der Waals surface area contributed by atoms with Crippen LogP contribution in [0.25, 0.3) is 10.9 Å².